The minimum atomic E-state index is -2.11. The molecule has 9 aromatic heterocycles. The van der Waals surface area contributed by atoms with Crippen molar-refractivity contribution in [1.29, 1.82) is 0 Å². The first kappa shape index (κ1) is 84.0. The largest absolute Gasteiger partial charge is 0.463 e. The molecule has 0 saturated carbocycles. The standard InChI is InChI=1S/C20H17F3N4O.C13H9ClFN3.C13H10FN3O.C13H10FN3.C9H9N3.C7H9F2NO2.C6H9FO3/c1-12-16(21)11-27-20(24-12)15(19(25-27)14-5-3-2-4-6-14)10-26-9-13(7-17(22)23)8-18(26)28;1-8-12(15)13(14)18-11(16-8)7-10(17-18)9-5-3-2-4-6-9;1-8-12(14)13(18)17-11(15-8)7-10(16-17)9-5-3-2-4-6-9;1-9-11(14)8-17-13(15-9)7-12(16-17)10-5-3-2-4-6-10;10-9-6-8(11-12-9)7-4-2-1-3-5-7;8-6(9)1-5-2-7(12)10(3-5)4-11;1-3-10-6(9)5(7)4(2)8/h2-7,11,13H,8-10H2,1H3;2-7H,1H3;2-7,16H,1H3;2-8H,1H3;1-6H,(H3,10,11,12);1,5,11H,2-4H2;5H,3H2,1-2H3. The molecule has 2 saturated heterocycles. The smallest absolute Gasteiger partial charge is 0.348 e. The van der Waals surface area contributed by atoms with Gasteiger partial charge in [0.1, 0.15) is 18.2 Å². The summed E-state index contributed by atoms with van der Waals surface area (Å²) in [5, 5.41) is 31.1. The number of hydrogen-bond acceptors (Lipinski definition) is 16. The maximum Gasteiger partial charge on any atom is 0.348 e. The van der Waals surface area contributed by atoms with Gasteiger partial charge in [0.15, 0.2) is 51.0 Å². The Morgan fingerprint density at radius 1 is 0.591 bits per heavy atom. The van der Waals surface area contributed by atoms with Crippen LogP contribution in [0.2, 0.25) is 5.15 Å². The fourth-order valence-corrected chi connectivity index (χ4v) is 11.9. The summed E-state index contributed by atoms with van der Waals surface area (Å²) in [5.41, 5.74) is 17.0. The molecule has 3 atom stereocenters. The molecule has 0 radical (unpaired) electrons. The van der Waals surface area contributed by atoms with Crippen LogP contribution in [0.1, 0.15) is 55.0 Å². The number of aliphatic hydroxyl groups excluding tert-OH is 1. The zero-order valence-corrected chi connectivity index (χ0v) is 63.0. The molecule has 11 heterocycles. The van der Waals surface area contributed by atoms with Gasteiger partial charge in [-0.1, -0.05) is 163 Å². The normalized spacial score (nSPS) is 13.7. The second kappa shape index (κ2) is 38.7. The van der Waals surface area contributed by atoms with E-state index in [0.717, 1.165) is 79.1 Å². The number of nitrogen functional groups attached to an aromatic ring is 1. The number of anilines is 1. The Labute approximate surface area is 654 Å². The van der Waals surface area contributed by atoms with Crippen molar-refractivity contribution in [2.24, 2.45) is 11.8 Å². The number of likely N-dealkylation sites (tertiary alicyclic amines) is 2. The van der Waals surface area contributed by atoms with Crippen LogP contribution in [0.25, 0.3) is 78.9 Å². The fourth-order valence-electron chi connectivity index (χ4n) is 11.6. The molecule has 594 valence electrons. The predicted octanol–water partition coefficient (Wildman–Crippen LogP) is 15.2. The number of carbonyl (C=O) groups is 4. The van der Waals surface area contributed by atoms with Crippen LogP contribution < -0.4 is 11.3 Å². The Hall–Kier alpha value is -13.4. The van der Waals surface area contributed by atoms with E-state index in [9.17, 15) is 63.5 Å². The van der Waals surface area contributed by atoms with Crippen LogP contribution in [0.3, 0.4) is 0 Å². The lowest BCUT2D eigenvalue weighted by molar-refractivity contribution is -0.152. The summed E-state index contributed by atoms with van der Waals surface area (Å²) in [7, 11) is 0. The van der Waals surface area contributed by atoms with Crippen LogP contribution in [0.15, 0.2) is 217 Å². The third-order valence-corrected chi connectivity index (χ3v) is 17.7. The third-order valence-electron chi connectivity index (χ3n) is 17.3. The van der Waals surface area contributed by atoms with Crippen LogP contribution in [-0.2, 0) is 30.5 Å². The van der Waals surface area contributed by atoms with Crippen LogP contribution in [0.4, 0.5) is 45.3 Å². The summed E-state index contributed by atoms with van der Waals surface area (Å²) in [6.45, 7) is 9.06. The number of ether oxygens (including phenoxy) is 1. The summed E-state index contributed by atoms with van der Waals surface area (Å²) in [6, 6.07) is 55.3. The Morgan fingerprint density at radius 2 is 1.06 bits per heavy atom. The lowest BCUT2D eigenvalue weighted by Gasteiger charge is -2.16. The molecule has 34 heteroatoms. The zero-order chi connectivity index (χ0) is 82.7. The van der Waals surface area contributed by atoms with Gasteiger partial charge < -0.3 is 25.4 Å². The van der Waals surface area contributed by atoms with E-state index in [4.69, 9.17) is 22.4 Å². The van der Waals surface area contributed by atoms with Crippen molar-refractivity contribution in [3.63, 3.8) is 0 Å². The molecule has 5 N–H and O–H groups in total. The zero-order valence-electron chi connectivity index (χ0n) is 62.2. The number of benzene rings is 5. The van der Waals surface area contributed by atoms with E-state index >= 15 is 0 Å². The fraction of sp³-hybridized carbons (Fsp3) is 0.198. The van der Waals surface area contributed by atoms with E-state index in [1.807, 2.05) is 164 Å². The van der Waals surface area contributed by atoms with E-state index in [0.29, 0.717) is 45.4 Å². The monoisotopic (exact) mass is 1600 g/mol. The summed E-state index contributed by atoms with van der Waals surface area (Å²) in [6.07, 6.45) is -1.37. The van der Waals surface area contributed by atoms with E-state index in [-0.39, 0.29) is 78.9 Å². The molecule has 3 unspecified atom stereocenters. The van der Waals surface area contributed by atoms with E-state index < -0.39 is 71.7 Å². The molecular weight excluding hydrogens is 1530 g/mol. The highest BCUT2D eigenvalue weighted by molar-refractivity contribution is 6.30. The van der Waals surface area contributed by atoms with Gasteiger partial charge >= 0.3 is 11.5 Å². The highest BCUT2D eigenvalue weighted by Crippen LogP contribution is 2.32. The number of nitrogens with two attached hydrogens (primary N) is 1. The van der Waals surface area contributed by atoms with Gasteiger partial charge in [-0.25, -0.2) is 55.8 Å². The molecule has 5 aromatic carbocycles. The van der Waals surface area contributed by atoms with Gasteiger partial charge in [-0.05, 0) is 64.8 Å². The van der Waals surface area contributed by atoms with Crippen molar-refractivity contribution < 1.29 is 68.5 Å². The number of aromatic amines is 2. The number of Topliss-reactive ketones (excluding diaryl/α,β-unsaturated/α-hetero) is 1. The third kappa shape index (κ3) is 21.6. The number of hydrogen-bond donors (Lipinski definition) is 4. The van der Waals surface area contributed by atoms with Gasteiger partial charge in [0, 0.05) is 84.3 Å². The Bertz CT molecular complexity index is 5830. The molecule has 2 amide bonds. The van der Waals surface area contributed by atoms with Crippen molar-refractivity contribution in [3.8, 4) is 56.3 Å². The van der Waals surface area contributed by atoms with Gasteiger partial charge in [0.05, 0.1) is 71.1 Å². The molecule has 0 bridgehead atoms. The molecular formula is C81H73ClF9N17O7. The first-order valence-electron chi connectivity index (χ1n) is 35.3. The molecule has 115 heavy (non-hydrogen) atoms. The summed E-state index contributed by atoms with van der Waals surface area (Å²) in [5.74, 6) is -5.05. The second-order valence-corrected chi connectivity index (χ2v) is 26.1. The number of amides is 2. The van der Waals surface area contributed by atoms with Crippen LogP contribution >= 0.6 is 11.6 Å². The van der Waals surface area contributed by atoms with Crippen molar-refractivity contribution in [2.75, 3.05) is 32.2 Å². The van der Waals surface area contributed by atoms with Gasteiger partial charge in [0.25, 0.3) is 18.3 Å². The highest BCUT2D eigenvalue weighted by Gasteiger charge is 2.32. The molecule has 2 fully saturated rings. The summed E-state index contributed by atoms with van der Waals surface area (Å²) >= 11 is 5.92. The Balaban J connectivity index is 0.000000146. The molecule has 2 aliphatic heterocycles. The van der Waals surface area contributed by atoms with Crippen molar-refractivity contribution in [3.05, 3.63) is 280 Å². The van der Waals surface area contributed by atoms with Crippen LogP contribution in [0.5, 0.6) is 0 Å². The number of rotatable bonds is 13. The molecule has 2 aliphatic rings. The number of esters is 1. The van der Waals surface area contributed by atoms with Crippen molar-refractivity contribution in [1.82, 2.24) is 78.4 Å². The van der Waals surface area contributed by atoms with Gasteiger partial charge in [0.2, 0.25) is 17.6 Å². The summed E-state index contributed by atoms with van der Waals surface area (Å²) in [4.78, 5) is 74.8. The molecule has 24 nitrogen and oxygen atoms in total. The minimum Gasteiger partial charge on any atom is -0.463 e. The molecule has 0 spiro atoms. The number of aliphatic hydroxyl groups is 1. The lowest BCUT2D eigenvalue weighted by Crippen LogP contribution is -2.25. The number of nitrogens with one attached hydrogen (secondary N) is 2. The SMILES string of the molecule is CCOC(=O)C(F)C(C)=O.Cc1nc2c(CN3CC(C=C(F)F)CC3=O)c(-c3ccccc3)nn2cc1F.Cc1nc2cc(-c3ccccc3)[nH]n2c(=O)c1F.Cc1nc2cc(-c3ccccc3)nn2c(Cl)c1F.Cc1nc2cc(-c3ccccc3)nn2cc1F.Nc1cc(-c2ccccc2)[nH]n1.O=C1CC(C=C(F)F)CN1CO. The highest BCUT2D eigenvalue weighted by atomic mass is 35.5. The van der Waals surface area contributed by atoms with Gasteiger partial charge in [-0.15, -0.1) is 0 Å². The predicted molar refractivity (Wildman–Crippen MR) is 412 cm³/mol. The van der Waals surface area contributed by atoms with Gasteiger partial charge in [-0.3, -0.25) is 29.4 Å². The van der Waals surface area contributed by atoms with E-state index in [2.05, 4.69) is 55.3 Å². The number of H-pyrrole nitrogens is 2. The molecule has 14 aromatic rings. The maximum absolute atomic E-state index is 14.0. The lowest BCUT2D eigenvalue weighted by atomic mass is 10.1. The van der Waals surface area contributed by atoms with E-state index in [1.165, 1.54) is 37.8 Å². The van der Waals surface area contributed by atoms with Crippen molar-refractivity contribution >= 4 is 63.6 Å². The maximum atomic E-state index is 14.0. The first-order valence-corrected chi connectivity index (χ1v) is 35.6. The second-order valence-electron chi connectivity index (χ2n) is 25.7. The number of ketones is 1. The van der Waals surface area contributed by atoms with Crippen LogP contribution in [0, 0.1) is 62.8 Å². The minimum absolute atomic E-state index is 0.0400. The quantitative estimate of drug-likeness (QED) is 0.0361. The number of aromatic nitrogens is 14. The number of fused-ring (bicyclic) bond motifs is 4. The number of nitrogens with zero attached hydrogens (tertiary/aromatic N) is 14. The number of carbonyl (C=O) groups excluding carboxylic acids is 4. The van der Waals surface area contributed by atoms with E-state index in [1.54, 1.807) is 39.8 Å². The Kier molecular flexibility index (Phi) is 28.3. The molecule has 0 aliphatic carbocycles. The Morgan fingerprint density at radius 3 is 1.57 bits per heavy atom. The first-order chi connectivity index (χ1) is 55.1. The average molecular weight is 1600 g/mol. The number of alkyl halides is 1. The van der Waals surface area contributed by atoms with Crippen molar-refractivity contribution in [2.45, 2.75) is 67.1 Å². The van der Waals surface area contributed by atoms with Gasteiger partial charge in [-0.2, -0.15) is 46.9 Å². The van der Waals surface area contributed by atoms with Crippen LogP contribution in [-0.4, -0.2) is 140 Å². The number of aryl methyl sites for hydroxylation is 4. The number of halogens is 10. The summed E-state index contributed by atoms with van der Waals surface area (Å²) < 4.78 is 125. The topological polar surface area (TPSA) is 300 Å². The average Bonchev–Trinajstić information content (AvgIpc) is 1.62. The molecule has 16 rings (SSSR count).